The fourth-order valence-electron chi connectivity index (χ4n) is 9.13. The molecule has 0 radical (unpaired) electrons. The number of aliphatic hydroxyl groups excluding tert-OH is 1. The Hall–Kier alpha value is -0.870. The summed E-state index contributed by atoms with van der Waals surface area (Å²) in [6.07, 6.45) is 11.1. The van der Waals surface area contributed by atoms with Crippen LogP contribution >= 0.6 is 0 Å². The molecule has 4 saturated carbocycles. The first-order chi connectivity index (χ1) is 15.0. The van der Waals surface area contributed by atoms with Crippen LogP contribution in [0.1, 0.15) is 86.0 Å². The predicted octanol–water partition coefficient (Wildman–Crippen LogP) is 5.02. The van der Waals surface area contributed by atoms with Gasteiger partial charge in [0, 0.05) is 12.1 Å². The van der Waals surface area contributed by atoms with Crippen molar-refractivity contribution in [3.63, 3.8) is 0 Å². The molecule has 4 fully saturated rings. The first-order valence-electron chi connectivity index (χ1n) is 13.3. The third-order valence-electron chi connectivity index (χ3n) is 10.9. The molecule has 0 spiro atoms. The molecule has 0 aromatic carbocycles. The van der Waals surface area contributed by atoms with Crippen LogP contribution in [-0.2, 0) is 4.79 Å². The molecule has 32 heavy (non-hydrogen) atoms. The van der Waals surface area contributed by atoms with Crippen molar-refractivity contribution in [1.82, 2.24) is 10.2 Å². The number of amides is 1. The highest BCUT2D eigenvalue weighted by Gasteiger charge is 2.61. The van der Waals surface area contributed by atoms with E-state index in [1.807, 2.05) is 13.8 Å². The lowest BCUT2D eigenvalue weighted by atomic mass is 9.44. The van der Waals surface area contributed by atoms with Gasteiger partial charge in [0.2, 0.25) is 5.91 Å². The molecule has 1 amide bonds. The average Bonchev–Trinajstić information content (AvgIpc) is 3.04. The van der Waals surface area contributed by atoms with Gasteiger partial charge in [-0.25, -0.2) is 0 Å². The number of rotatable bonds is 4. The maximum absolute atomic E-state index is 12.3. The molecule has 10 atom stereocenters. The number of aliphatic hydroxyl groups is 1. The smallest absolute Gasteiger partial charge is 0.244 e. The molecular weight excluding hydrogens is 396 g/mol. The molecule has 4 nitrogen and oxygen atoms in total. The van der Waals surface area contributed by atoms with E-state index in [0.29, 0.717) is 17.4 Å². The molecule has 0 aliphatic heterocycles. The second kappa shape index (κ2) is 8.73. The second-order valence-corrected chi connectivity index (χ2v) is 12.9. The summed E-state index contributed by atoms with van der Waals surface area (Å²) in [4.78, 5) is 14.8. The summed E-state index contributed by atoms with van der Waals surface area (Å²) in [6.45, 7) is 11.4. The SMILES string of the molecule is CC(C)=CC(=O)N[C@@H]1C[C@@H]2CC[C@@H]3[C@H](CC[C@]4(C)[C@@H]([C@H](C)N(C)C)CC[C@@H]34)[C@@]2(C)C[C@H]1O. The van der Waals surface area contributed by atoms with Crippen LogP contribution < -0.4 is 5.32 Å². The molecule has 0 unspecified atom stereocenters. The summed E-state index contributed by atoms with van der Waals surface area (Å²) in [6, 6.07) is 0.550. The van der Waals surface area contributed by atoms with Crippen molar-refractivity contribution < 1.29 is 9.90 Å². The maximum Gasteiger partial charge on any atom is 0.244 e. The Labute approximate surface area is 196 Å². The normalized spacial score (nSPS) is 46.6. The molecule has 0 saturated heterocycles. The summed E-state index contributed by atoms with van der Waals surface area (Å²) in [5.74, 6) is 3.77. The Morgan fingerprint density at radius 1 is 1.06 bits per heavy atom. The maximum atomic E-state index is 12.3. The lowest BCUT2D eigenvalue weighted by molar-refractivity contribution is -0.143. The van der Waals surface area contributed by atoms with E-state index in [4.69, 9.17) is 0 Å². The van der Waals surface area contributed by atoms with E-state index < -0.39 is 6.10 Å². The van der Waals surface area contributed by atoms with E-state index in [-0.39, 0.29) is 17.4 Å². The van der Waals surface area contributed by atoms with Crippen molar-refractivity contribution in [3.05, 3.63) is 11.6 Å². The van der Waals surface area contributed by atoms with Gasteiger partial charge in [0.05, 0.1) is 12.1 Å². The molecule has 0 heterocycles. The van der Waals surface area contributed by atoms with Gasteiger partial charge in [-0.3, -0.25) is 4.79 Å². The Balaban J connectivity index is 1.50. The van der Waals surface area contributed by atoms with Crippen molar-refractivity contribution in [2.24, 2.45) is 40.4 Å². The minimum atomic E-state index is -0.428. The number of carbonyl (C=O) groups excluding carboxylic acids is 1. The molecular formula is C28H48N2O2. The van der Waals surface area contributed by atoms with Crippen LogP contribution in [0.4, 0.5) is 0 Å². The highest BCUT2D eigenvalue weighted by atomic mass is 16.3. The highest BCUT2D eigenvalue weighted by molar-refractivity contribution is 5.88. The number of hydrogen-bond acceptors (Lipinski definition) is 3. The zero-order chi connectivity index (χ0) is 23.4. The van der Waals surface area contributed by atoms with Crippen molar-refractivity contribution in [1.29, 1.82) is 0 Å². The number of allylic oxidation sites excluding steroid dienone is 1. The van der Waals surface area contributed by atoms with Gasteiger partial charge >= 0.3 is 0 Å². The molecule has 4 rings (SSSR count). The molecule has 0 aromatic rings. The topological polar surface area (TPSA) is 52.6 Å². The van der Waals surface area contributed by atoms with Gasteiger partial charge in [-0.2, -0.15) is 0 Å². The zero-order valence-electron chi connectivity index (χ0n) is 21.7. The van der Waals surface area contributed by atoms with E-state index in [0.717, 1.165) is 42.1 Å². The largest absolute Gasteiger partial charge is 0.391 e. The summed E-state index contributed by atoms with van der Waals surface area (Å²) in [7, 11) is 4.49. The van der Waals surface area contributed by atoms with Gasteiger partial charge in [-0.1, -0.05) is 19.4 Å². The Morgan fingerprint density at radius 3 is 2.41 bits per heavy atom. The van der Waals surface area contributed by atoms with E-state index in [2.05, 4.69) is 45.1 Å². The fraction of sp³-hybridized carbons (Fsp3) is 0.893. The summed E-state index contributed by atoms with van der Waals surface area (Å²) in [5, 5.41) is 14.2. The van der Waals surface area contributed by atoms with Gasteiger partial charge < -0.3 is 15.3 Å². The number of hydrogen-bond donors (Lipinski definition) is 2. The first kappa shape index (κ1) is 24.3. The number of fused-ring (bicyclic) bond motifs is 5. The minimum absolute atomic E-state index is 0.0493. The minimum Gasteiger partial charge on any atom is -0.391 e. The Kier molecular flexibility index (Phi) is 6.62. The van der Waals surface area contributed by atoms with Crippen LogP contribution in [0.15, 0.2) is 11.6 Å². The van der Waals surface area contributed by atoms with Crippen LogP contribution in [0.3, 0.4) is 0 Å². The van der Waals surface area contributed by atoms with Gasteiger partial charge in [0.15, 0.2) is 0 Å². The Morgan fingerprint density at radius 2 is 1.75 bits per heavy atom. The van der Waals surface area contributed by atoms with E-state index in [1.54, 1.807) is 6.08 Å². The molecule has 0 aromatic heterocycles. The van der Waals surface area contributed by atoms with Crippen LogP contribution in [0.5, 0.6) is 0 Å². The molecule has 182 valence electrons. The van der Waals surface area contributed by atoms with Crippen LogP contribution in [-0.4, -0.2) is 48.2 Å². The van der Waals surface area contributed by atoms with Gasteiger partial charge in [0.25, 0.3) is 0 Å². The monoisotopic (exact) mass is 444 g/mol. The van der Waals surface area contributed by atoms with Crippen LogP contribution in [0, 0.1) is 40.4 Å². The summed E-state index contributed by atoms with van der Waals surface area (Å²) < 4.78 is 0. The third kappa shape index (κ3) is 3.98. The van der Waals surface area contributed by atoms with Crippen molar-refractivity contribution >= 4 is 5.91 Å². The summed E-state index contributed by atoms with van der Waals surface area (Å²) >= 11 is 0. The highest BCUT2D eigenvalue weighted by Crippen LogP contribution is 2.67. The molecule has 4 aliphatic rings. The standard InChI is InChI=1S/C28H48N2O2/c1-17(2)14-26(32)29-24-15-19-8-9-20-22-11-10-21(18(3)30(6)7)27(22,4)13-12-23(20)28(19,5)16-25(24)31/h14,18-25,31H,8-13,15-16H2,1-7H3,(H,29,32)/t18-,19-,20-,21+,22-,23-,24+,25+,27+,28-/m0/s1. The average molecular weight is 445 g/mol. The van der Waals surface area contributed by atoms with E-state index in [1.165, 1.54) is 38.5 Å². The fourth-order valence-corrected chi connectivity index (χ4v) is 9.13. The molecule has 4 heteroatoms. The van der Waals surface area contributed by atoms with Crippen molar-refractivity contribution in [3.8, 4) is 0 Å². The molecule has 0 bridgehead atoms. The number of carbonyl (C=O) groups is 1. The van der Waals surface area contributed by atoms with E-state index >= 15 is 0 Å². The van der Waals surface area contributed by atoms with Gasteiger partial charge in [-0.15, -0.1) is 0 Å². The van der Waals surface area contributed by atoms with Gasteiger partial charge in [-0.05, 0) is 127 Å². The Bertz CT molecular complexity index is 744. The van der Waals surface area contributed by atoms with Crippen LogP contribution in [0.25, 0.3) is 0 Å². The third-order valence-corrected chi connectivity index (χ3v) is 10.9. The van der Waals surface area contributed by atoms with E-state index in [9.17, 15) is 9.90 Å². The number of nitrogens with one attached hydrogen (secondary N) is 1. The lowest BCUT2D eigenvalue weighted by Crippen LogP contribution is -2.59. The zero-order valence-corrected chi connectivity index (χ0v) is 21.7. The quantitative estimate of drug-likeness (QED) is 0.599. The molecule has 2 N–H and O–H groups in total. The van der Waals surface area contributed by atoms with Crippen molar-refractivity contribution in [2.45, 2.75) is 104 Å². The number of nitrogens with zero attached hydrogens (tertiary/aromatic N) is 1. The first-order valence-corrected chi connectivity index (χ1v) is 13.3. The predicted molar refractivity (Wildman–Crippen MR) is 131 cm³/mol. The van der Waals surface area contributed by atoms with Gasteiger partial charge in [0.1, 0.15) is 0 Å². The van der Waals surface area contributed by atoms with Crippen LogP contribution in [0.2, 0.25) is 0 Å². The molecule has 4 aliphatic carbocycles. The van der Waals surface area contributed by atoms with Crippen molar-refractivity contribution in [2.75, 3.05) is 14.1 Å². The lowest BCUT2D eigenvalue weighted by Gasteiger charge is -2.62. The summed E-state index contributed by atoms with van der Waals surface area (Å²) in [5.41, 5.74) is 1.69. The second-order valence-electron chi connectivity index (χ2n) is 12.9.